The lowest BCUT2D eigenvalue weighted by atomic mass is 10.1. The van der Waals surface area contributed by atoms with Crippen LogP contribution in [0.5, 0.6) is 0 Å². The molecule has 0 amide bonds. The fourth-order valence-corrected chi connectivity index (χ4v) is 2.98. The van der Waals surface area contributed by atoms with E-state index in [1.165, 1.54) is 5.56 Å². The van der Waals surface area contributed by atoms with Crippen LogP contribution in [0.1, 0.15) is 36.6 Å². The van der Waals surface area contributed by atoms with Gasteiger partial charge in [-0.15, -0.1) is 5.10 Å². The minimum Gasteiger partial charge on any atom is -0.260 e. The van der Waals surface area contributed by atoms with E-state index >= 15 is 0 Å². The maximum atomic E-state index is 4.75. The number of hydrogen-bond donors (Lipinski definition) is 0. The third kappa shape index (κ3) is 2.42. The van der Waals surface area contributed by atoms with E-state index < -0.39 is 0 Å². The predicted octanol–water partition coefficient (Wildman–Crippen LogP) is 3.57. The number of aliphatic imine (C=N–C) groups is 2. The van der Waals surface area contributed by atoms with Gasteiger partial charge in [0, 0.05) is 17.2 Å². The Morgan fingerprint density at radius 3 is 2.71 bits per heavy atom. The van der Waals surface area contributed by atoms with Gasteiger partial charge in [-0.1, -0.05) is 35.5 Å². The van der Waals surface area contributed by atoms with Gasteiger partial charge in [-0.3, -0.25) is 4.99 Å². The molecule has 0 atom stereocenters. The first kappa shape index (κ1) is 14.8. The summed E-state index contributed by atoms with van der Waals surface area (Å²) < 4.78 is 1.94. The Morgan fingerprint density at radius 1 is 1.08 bits per heavy atom. The molecule has 0 saturated carbocycles. The Morgan fingerprint density at radius 2 is 1.92 bits per heavy atom. The number of hydrogen-bond acceptors (Lipinski definition) is 4. The molecule has 5 heteroatoms. The lowest BCUT2D eigenvalue weighted by Gasteiger charge is -2.05. The van der Waals surface area contributed by atoms with Crippen LogP contribution in [0.2, 0.25) is 0 Å². The van der Waals surface area contributed by atoms with E-state index in [1.807, 2.05) is 16.8 Å². The van der Waals surface area contributed by atoms with Crippen molar-refractivity contribution in [2.45, 2.75) is 26.8 Å². The molecular formula is C19H19N5. The Bertz CT molecular complexity index is 978. The summed E-state index contributed by atoms with van der Waals surface area (Å²) in [5.74, 6) is 0.814. The molecule has 0 unspecified atom stereocenters. The second-order valence-electron chi connectivity index (χ2n) is 6.34. The van der Waals surface area contributed by atoms with Gasteiger partial charge in [-0.05, 0) is 38.5 Å². The van der Waals surface area contributed by atoms with Gasteiger partial charge in [-0.2, -0.15) is 0 Å². The monoisotopic (exact) mass is 317 g/mol. The number of aromatic nitrogens is 3. The number of aryl methyl sites for hydroxylation is 1. The number of benzene rings is 2. The van der Waals surface area contributed by atoms with Crippen molar-refractivity contribution in [3.8, 4) is 0 Å². The molecule has 1 aliphatic rings. The number of amidine groups is 1. The Hall–Kier alpha value is -2.82. The molecule has 0 spiro atoms. The zero-order valence-electron chi connectivity index (χ0n) is 14.1. The lowest BCUT2D eigenvalue weighted by molar-refractivity contribution is 0.530. The summed E-state index contributed by atoms with van der Waals surface area (Å²) in [5, 5.41) is 8.52. The van der Waals surface area contributed by atoms with Crippen molar-refractivity contribution in [2.24, 2.45) is 9.98 Å². The summed E-state index contributed by atoms with van der Waals surface area (Å²) in [7, 11) is 0. The molecule has 24 heavy (non-hydrogen) atoms. The van der Waals surface area contributed by atoms with Crippen LogP contribution in [0.25, 0.3) is 11.0 Å². The van der Waals surface area contributed by atoms with Crippen LogP contribution >= 0.6 is 0 Å². The zero-order valence-corrected chi connectivity index (χ0v) is 14.1. The molecule has 120 valence electrons. The summed E-state index contributed by atoms with van der Waals surface area (Å²) in [6.45, 7) is 6.89. The van der Waals surface area contributed by atoms with E-state index in [1.54, 1.807) is 0 Å². The first-order valence-corrected chi connectivity index (χ1v) is 8.17. The largest absolute Gasteiger partial charge is 0.260 e. The highest BCUT2D eigenvalue weighted by molar-refractivity contribution is 6.18. The van der Waals surface area contributed by atoms with Crippen LogP contribution in [0.4, 0.5) is 0 Å². The molecular weight excluding hydrogens is 298 g/mol. The lowest BCUT2D eigenvalue weighted by Crippen LogP contribution is -2.04. The number of fused-ring (bicyclic) bond motifs is 1. The fourth-order valence-electron chi connectivity index (χ4n) is 2.98. The molecule has 0 N–H and O–H groups in total. The molecule has 5 nitrogen and oxygen atoms in total. The van der Waals surface area contributed by atoms with Crippen LogP contribution in [-0.4, -0.2) is 33.1 Å². The summed E-state index contributed by atoms with van der Waals surface area (Å²) in [4.78, 5) is 9.36. The highest BCUT2D eigenvalue weighted by Gasteiger charge is 2.16. The van der Waals surface area contributed by atoms with Gasteiger partial charge in [-0.25, -0.2) is 9.67 Å². The fraction of sp³-hybridized carbons (Fsp3) is 0.263. The molecule has 2 heterocycles. The zero-order chi connectivity index (χ0) is 16.7. The molecule has 2 aromatic carbocycles. The molecule has 0 aliphatic carbocycles. The van der Waals surface area contributed by atoms with Gasteiger partial charge >= 0.3 is 0 Å². The molecule has 0 fully saturated rings. The van der Waals surface area contributed by atoms with E-state index in [0.717, 1.165) is 33.7 Å². The van der Waals surface area contributed by atoms with Crippen LogP contribution < -0.4 is 0 Å². The quantitative estimate of drug-likeness (QED) is 0.741. The van der Waals surface area contributed by atoms with Crippen molar-refractivity contribution in [1.82, 2.24) is 15.0 Å². The Kier molecular flexibility index (Phi) is 3.49. The third-order valence-corrected chi connectivity index (χ3v) is 4.30. The molecule has 0 radical (unpaired) electrons. The topological polar surface area (TPSA) is 55.4 Å². The van der Waals surface area contributed by atoms with E-state index in [2.05, 4.69) is 66.4 Å². The molecule has 3 aromatic rings. The Labute approximate surface area is 140 Å². The van der Waals surface area contributed by atoms with Gasteiger partial charge in [0.2, 0.25) is 0 Å². The van der Waals surface area contributed by atoms with Gasteiger partial charge in [0.15, 0.2) is 5.84 Å². The minimum atomic E-state index is 0.292. The van der Waals surface area contributed by atoms with E-state index in [-0.39, 0.29) is 0 Å². The smallest absolute Gasteiger partial charge is 0.155 e. The van der Waals surface area contributed by atoms with Crippen molar-refractivity contribution < 1.29 is 0 Å². The third-order valence-electron chi connectivity index (χ3n) is 4.30. The standard InChI is InChI=1S/C19H19N5/c1-12(2)24-18-9-8-14(10-16(18)22-23-24)17-11-20-19(21-17)15-7-5-4-6-13(15)3/h4-10,12H,11H2,1-3H3. The second-order valence-corrected chi connectivity index (χ2v) is 6.34. The predicted molar refractivity (Wildman–Crippen MR) is 97.0 cm³/mol. The summed E-state index contributed by atoms with van der Waals surface area (Å²) in [6.07, 6.45) is 0. The van der Waals surface area contributed by atoms with E-state index in [0.29, 0.717) is 12.6 Å². The average molecular weight is 317 g/mol. The Balaban J connectivity index is 1.69. The summed E-state index contributed by atoms with van der Waals surface area (Å²) in [5.41, 5.74) is 6.27. The van der Waals surface area contributed by atoms with Crippen LogP contribution in [0.15, 0.2) is 52.4 Å². The molecule has 0 saturated heterocycles. The number of nitrogens with zero attached hydrogens (tertiary/aromatic N) is 5. The van der Waals surface area contributed by atoms with Crippen LogP contribution in [0, 0.1) is 6.92 Å². The van der Waals surface area contributed by atoms with Gasteiger partial charge in [0.1, 0.15) is 5.52 Å². The maximum Gasteiger partial charge on any atom is 0.155 e. The van der Waals surface area contributed by atoms with Crippen molar-refractivity contribution >= 4 is 22.6 Å². The average Bonchev–Trinajstić information content (AvgIpc) is 3.21. The van der Waals surface area contributed by atoms with E-state index in [9.17, 15) is 0 Å². The first-order chi connectivity index (χ1) is 11.6. The molecule has 1 aliphatic heterocycles. The van der Waals surface area contributed by atoms with Crippen LogP contribution in [0.3, 0.4) is 0 Å². The minimum absolute atomic E-state index is 0.292. The van der Waals surface area contributed by atoms with Crippen molar-refractivity contribution in [2.75, 3.05) is 6.54 Å². The van der Waals surface area contributed by atoms with Gasteiger partial charge < -0.3 is 0 Å². The number of rotatable bonds is 3. The van der Waals surface area contributed by atoms with Crippen molar-refractivity contribution in [3.63, 3.8) is 0 Å². The normalized spacial score (nSPS) is 14.3. The van der Waals surface area contributed by atoms with Crippen molar-refractivity contribution in [1.29, 1.82) is 0 Å². The molecule has 4 rings (SSSR count). The van der Waals surface area contributed by atoms with Gasteiger partial charge in [0.05, 0.1) is 17.8 Å². The maximum absolute atomic E-state index is 4.75. The molecule has 1 aromatic heterocycles. The second kappa shape index (κ2) is 5.67. The van der Waals surface area contributed by atoms with E-state index in [4.69, 9.17) is 4.99 Å². The highest BCUT2D eigenvalue weighted by Crippen LogP contribution is 2.20. The summed E-state index contributed by atoms with van der Waals surface area (Å²) >= 11 is 0. The summed E-state index contributed by atoms with van der Waals surface area (Å²) in [6, 6.07) is 14.7. The molecule has 0 bridgehead atoms. The van der Waals surface area contributed by atoms with Crippen LogP contribution in [-0.2, 0) is 0 Å². The highest BCUT2D eigenvalue weighted by atomic mass is 15.4. The first-order valence-electron chi connectivity index (χ1n) is 8.17. The van der Waals surface area contributed by atoms with Gasteiger partial charge in [0.25, 0.3) is 0 Å². The SMILES string of the molecule is Cc1ccccc1C1=NCC(c2ccc3c(c2)nnn3C(C)C)=N1. The van der Waals surface area contributed by atoms with Crippen molar-refractivity contribution in [3.05, 3.63) is 59.2 Å².